The molecule has 94 valence electrons. The molecule has 0 radical (unpaired) electrons. The van der Waals surface area contributed by atoms with Crippen LogP contribution < -0.4 is 11.1 Å². The van der Waals surface area contributed by atoms with E-state index in [0.29, 0.717) is 22.7 Å². The molecule has 3 heterocycles. The van der Waals surface area contributed by atoms with E-state index >= 15 is 0 Å². The van der Waals surface area contributed by atoms with E-state index in [1.807, 2.05) is 0 Å². The number of rotatable bonds is 2. The molecule has 8 heteroatoms. The van der Waals surface area contributed by atoms with Crippen molar-refractivity contribution >= 4 is 34.3 Å². The van der Waals surface area contributed by atoms with Crippen molar-refractivity contribution in [3.8, 4) is 11.3 Å². The molecule has 0 aliphatic rings. The summed E-state index contributed by atoms with van der Waals surface area (Å²) in [6.45, 7) is 0. The minimum Gasteiger partial charge on any atom is -0.376 e. The topological polar surface area (TPSA) is 103 Å². The van der Waals surface area contributed by atoms with Crippen molar-refractivity contribution in [1.82, 2.24) is 20.1 Å². The van der Waals surface area contributed by atoms with Gasteiger partial charge in [-0.1, -0.05) is 5.16 Å². The Morgan fingerprint density at radius 2 is 2.16 bits per heavy atom. The van der Waals surface area contributed by atoms with E-state index < -0.39 is 0 Å². The summed E-state index contributed by atoms with van der Waals surface area (Å²) in [5.41, 5.74) is 7.93. The van der Waals surface area contributed by atoms with Crippen molar-refractivity contribution in [2.75, 3.05) is 5.32 Å². The predicted molar refractivity (Wildman–Crippen MR) is 73.2 cm³/mol. The smallest absolute Gasteiger partial charge is 0.180 e. The summed E-state index contributed by atoms with van der Waals surface area (Å²) in [6.07, 6.45) is 4.69. The van der Waals surface area contributed by atoms with Crippen LogP contribution in [0.4, 0.5) is 5.82 Å². The summed E-state index contributed by atoms with van der Waals surface area (Å²) >= 11 is 4.76. The zero-order valence-electron chi connectivity index (χ0n) is 9.57. The second-order valence-electron chi connectivity index (χ2n) is 3.70. The standard InChI is InChI=1S/C11H8N6OS/c12-11(19)17-9-2-1-7-10(16-9)15-8(4-13-7)6-3-14-18-5-6/h1-5H,(H3,12,15,16,17,19). The van der Waals surface area contributed by atoms with Gasteiger partial charge in [-0.25, -0.2) is 9.97 Å². The van der Waals surface area contributed by atoms with Crippen LogP contribution in [0.3, 0.4) is 0 Å². The number of thiocarbonyl (C=S) groups is 1. The van der Waals surface area contributed by atoms with Crippen LogP contribution in [0.5, 0.6) is 0 Å². The van der Waals surface area contributed by atoms with E-state index in [4.69, 9.17) is 22.5 Å². The molecule has 3 rings (SSSR count). The predicted octanol–water partition coefficient (Wildman–Crippen LogP) is 1.34. The summed E-state index contributed by atoms with van der Waals surface area (Å²) < 4.78 is 4.77. The van der Waals surface area contributed by atoms with Gasteiger partial charge in [0.15, 0.2) is 10.8 Å². The molecule has 7 nitrogen and oxygen atoms in total. The zero-order chi connectivity index (χ0) is 13.2. The van der Waals surface area contributed by atoms with Gasteiger partial charge < -0.3 is 15.6 Å². The van der Waals surface area contributed by atoms with Crippen molar-refractivity contribution in [2.24, 2.45) is 5.73 Å². The second-order valence-corrected chi connectivity index (χ2v) is 4.14. The van der Waals surface area contributed by atoms with Gasteiger partial charge in [0, 0.05) is 0 Å². The molecule has 3 aromatic rings. The van der Waals surface area contributed by atoms with Gasteiger partial charge in [-0.05, 0) is 24.4 Å². The molecule has 0 atom stereocenters. The molecule has 0 bridgehead atoms. The Bertz CT molecular complexity index is 742. The fourth-order valence-corrected chi connectivity index (χ4v) is 1.67. The molecule has 3 N–H and O–H groups in total. The SMILES string of the molecule is NC(=S)Nc1ccc2ncc(-c3cnoc3)nc2n1. The van der Waals surface area contributed by atoms with Gasteiger partial charge in [-0.3, -0.25) is 4.98 Å². The van der Waals surface area contributed by atoms with Crippen LogP contribution in [-0.2, 0) is 0 Å². The summed E-state index contributed by atoms with van der Waals surface area (Å²) in [7, 11) is 0. The Kier molecular flexibility index (Phi) is 2.76. The Morgan fingerprint density at radius 3 is 2.89 bits per heavy atom. The number of nitrogens with two attached hydrogens (primary N) is 1. The van der Waals surface area contributed by atoms with Crippen LogP contribution >= 0.6 is 12.2 Å². The first kappa shape index (κ1) is 11.5. The van der Waals surface area contributed by atoms with E-state index in [1.54, 1.807) is 24.5 Å². The van der Waals surface area contributed by atoms with E-state index in [9.17, 15) is 0 Å². The normalized spacial score (nSPS) is 10.5. The quantitative estimate of drug-likeness (QED) is 0.673. The van der Waals surface area contributed by atoms with Crippen LogP contribution in [0.2, 0.25) is 0 Å². The molecule has 0 aliphatic heterocycles. The molecule has 0 saturated heterocycles. The van der Waals surface area contributed by atoms with E-state index in [-0.39, 0.29) is 5.11 Å². The lowest BCUT2D eigenvalue weighted by molar-refractivity contribution is 0.420. The van der Waals surface area contributed by atoms with Gasteiger partial charge in [0.2, 0.25) is 0 Å². The maximum Gasteiger partial charge on any atom is 0.180 e. The third-order valence-electron chi connectivity index (χ3n) is 2.39. The molecule has 0 unspecified atom stereocenters. The zero-order valence-corrected chi connectivity index (χ0v) is 10.4. The summed E-state index contributed by atoms with van der Waals surface area (Å²) in [4.78, 5) is 12.9. The lowest BCUT2D eigenvalue weighted by atomic mass is 10.2. The number of hydrogen-bond acceptors (Lipinski definition) is 6. The van der Waals surface area contributed by atoms with Gasteiger partial charge in [-0.2, -0.15) is 0 Å². The molecule has 0 saturated carbocycles. The van der Waals surface area contributed by atoms with Crippen LogP contribution in [0.15, 0.2) is 35.3 Å². The highest BCUT2D eigenvalue weighted by Gasteiger charge is 2.06. The first-order valence-corrected chi connectivity index (χ1v) is 5.73. The lowest BCUT2D eigenvalue weighted by Crippen LogP contribution is -2.19. The maximum atomic E-state index is 5.40. The number of aromatic nitrogens is 4. The van der Waals surface area contributed by atoms with Crippen LogP contribution in [0.1, 0.15) is 0 Å². The van der Waals surface area contributed by atoms with Gasteiger partial charge >= 0.3 is 0 Å². The number of nitrogens with one attached hydrogen (secondary N) is 1. The second kappa shape index (κ2) is 4.58. The van der Waals surface area contributed by atoms with Gasteiger partial charge in [0.1, 0.15) is 17.6 Å². The molecular weight excluding hydrogens is 264 g/mol. The molecule has 0 spiro atoms. The summed E-state index contributed by atoms with van der Waals surface area (Å²) in [5.74, 6) is 0.525. The molecular formula is C11H8N6OS. The van der Waals surface area contributed by atoms with E-state index in [1.165, 1.54) is 6.26 Å². The number of hydrogen-bond donors (Lipinski definition) is 2. The monoisotopic (exact) mass is 272 g/mol. The van der Waals surface area contributed by atoms with Gasteiger partial charge in [0.25, 0.3) is 0 Å². The molecule has 19 heavy (non-hydrogen) atoms. The van der Waals surface area contributed by atoms with Gasteiger partial charge in [-0.15, -0.1) is 0 Å². The number of nitrogens with zero attached hydrogens (tertiary/aromatic N) is 4. The van der Waals surface area contributed by atoms with Crippen molar-refractivity contribution in [2.45, 2.75) is 0 Å². The first-order chi connectivity index (χ1) is 9.22. The molecule has 0 fully saturated rings. The Labute approximate surface area is 112 Å². The third kappa shape index (κ3) is 2.33. The van der Waals surface area contributed by atoms with E-state index in [0.717, 1.165) is 5.56 Å². The molecule has 0 aliphatic carbocycles. The van der Waals surface area contributed by atoms with Crippen LogP contribution in [-0.4, -0.2) is 25.2 Å². The minimum atomic E-state index is 0.148. The highest BCUT2D eigenvalue weighted by molar-refractivity contribution is 7.80. The summed E-state index contributed by atoms with van der Waals surface area (Å²) in [6, 6.07) is 3.52. The number of fused-ring (bicyclic) bond motifs is 1. The lowest BCUT2D eigenvalue weighted by Gasteiger charge is -2.04. The van der Waals surface area contributed by atoms with Crippen LogP contribution in [0, 0.1) is 0 Å². The largest absolute Gasteiger partial charge is 0.376 e. The fraction of sp³-hybridized carbons (Fsp3) is 0. The van der Waals surface area contributed by atoms with Crippen molar-refractivity contribution in [3.63, 3.8) is 0 Å². The minimum absolute atomic E-state index is 0.148. The van der Waals surface area contributed by atoms with Gasteiger partial charge in [0.05, 0.1) is 23.7 Å². The highest BCUT2D eigenvalue weighted by Crippen LogP contribution is 2.18. The Morgan fingerprint density at radius 1 is 1.26 bits per heavy atom. The number of pyridine rings is 1. The molecule has 0 amide bonds. The molecule has 0 aromatic carbocycles. The Hall–Kier alpha value is -2.61. The molecule has 3 aromatic heterocycles. The highest BCUT2D eigenvalue weighted by atomic mass is 32.1. The third-order valence-corrected chi connectivity index (χ3v) is 2.49. The van der Waals surface area contributed by atoms with Crippen molar-refractivity contribution < 1.29 is 4.52 Å². The fourth-order valence-electron chi connectivity index (χ4n) is 1.56. The summed E-state index contributed by atoms with van der Waals surface area (Å²) in [5, 5.41) is 6.53. The number of anilines is 1. The average molecular weight is 272 g/mol. The van der Waals surface area contributed by atoms with Crippen LogP contribution in [0.25, 0.3) is 22.4 Å². The maximum absolute atomic E-state index is 5.40. The van der Waals surface area contributed by atoms with Crippen molar-refractivity contribution in [3.05, 3.63) is 30.8 Å². The first-order valence-electron chi connectivity index (χ1n) is 5.32. The van der Waals surface area contributed by atoms with Crippen molar-refractivity contribution in [1.29, 1.82) is 0 Å². The Balaban J connectivity index is 2.07. The average Bonchev–Trinajstić information content (AvgIpc) is 2.91. The van der Waals surface area contributed by atoms with E-state index in [2.05, 4.69) is 25.4 Å².